The van der Waals surface area contributed by atoms with E-state index >= 15 is 0 Å². The number of rotatable bonds is 5. The maximum absolute atomic E-state index is 13.1. The third-order valence-corrected chi connectivity index (χ3v) is 6.65. The Labute approximate surface area is 188 Å². The molecule has 32 heavy (non-hydrogen) atoms. The Morgan fingerprint density at radius 1 is 1.03 bits per heavy atom. The molecule has 0 N–H and O–H groups in total. The number of benzene rings is 2. The first-order valence-corrected chi connectivity index (χ1v) is 11.3. The number of carbonyl (C=O) groups excluding carboxylic acids is 1. The van der Waals surface area contributed by atoms with Gasteiger partial charge in [0.1, 0.15) is 16.0 Å². The third kappa shape index (κ3) is 3.94. The Balaban J connectivity index is 1.63. The van der Waals surface area contributed by atoms with Crippen LogP contribution in [0.3, 0.4) is 0 Å². The van der Waals surface area contributed by atoms with E-state index in [9.17, 15) is 9.59 Å². The summed E-state index contributed by atoms with van der Waals surface area (Å²) in [7, 11) is 0. The minimum atomic E-state index is -0.450. The molecule has 2 aromatic carbocycles. The predicted octanol–water partition coefficient (Wildman–Crippen LogP) is 3.55. The molecule has 8 heteroatoms. The van der Waals surface area contributed by atoms with Gasteiger partial charge in [0.25, 0.3) is 0 Å². The van der Waals surface area contributed by atoms with Crippen LogP contribution >= 0.6 is 11.3 Å². The molecular formula is C24H22N4O3S. The fourth-order valence-corrected chi connectivity index (χ4v) is 4.85. The van der Waals surface area contributed by atoms with Crippen LogP contribution in [0.15, 0.2) is 59.4 Å². The molecule has 1 fully saturated rings. The maximum atomic E-state index is 13.1. The number of aromatic nitrogens is 3. The third-order valence-electron chi connectivity index (χ3n) is 5.51. The van der Waals surface area contributed by atoms with Gasteiger partial charge in [-0.1, -0.05) is 71.5 Å². The predicted molar refractivity (Wildman–Crippen MR) is 126 cm³/mol. The SMILES string of the molecule is Cc1ccc(C(=O)Cn2c(=O)nc(-c3ccccc3)c3nc(N4CCOCC4)sc32)cc1. The highest BCUT2D eigenvalue weighted by atomic mass is 32.1. The molecule has 162 valence electrons. The summed E-state index contributed by atoms with van der Waals surface area (Å²) in [4.78, 5) is 38.1. The zero-order valence-corrected chi connectivity index (χ0v) is 18.5. The summed E-state index contributed by atoms with van der Waals surface area (Å²) in [5.41, 5.74) is 3.20. The minimum Gasteiger partial charge on any atom is -0.378 e. The lowest BCUT2D eigenvalue weighted by Gasteiger charge is -2.25. The molecule has 3 heterocycles. The number of ketones is 1. The molecule has 7 nitrogen and oxygen atoms in total. The van der Waals surface area contributed by atoms with E-state index in [-0.39, 0.29) is 12.3 Å². The number of aryl methyl sites for hydroxylation is 1. The Hall–Kier alpha value is -3.36. The summed E-state index contributed by atoms with van der Waals surface area (Å²) < 4.78 is 6.91. The molecule has 0 atom stereocenters. The van der Waals surface area contributed by atoms with E-state index < -0.39 is 5.69 Å². The molecule has 5 rings (SSSR count). The number of hydrogen-bond donors (Lipinski definition) is 0. The van der Waals surface area contributed by atoms with Crippen molar-refractivity contribution in [1.82, 2.24) is 14.5 Å². The molecule has 1 aliphatic heterocycles. The van der Waals surface area contributed by atoms with Crippen LogP contribution in [0, 0.1) is 6.92 Å². The lowest BCUT2D eigenvalue weighted by atomic mass is 10.1. The monoisotopic (exact) mass is 446 g/mol. The summed E-state index contributed by atoms with van der Waals surface area (Å²) in [5, 5.41) is 0.810. The zero-order valence-electron chi connectivity index (χ0n) is 17.7. The molecule has 2 aromatic heterocycles. The Morgan fingerprint density at radius 2 is 1.75 bits per heavy atom. The van der Waals surface area contributed by atoms with Gasteiger partial charge >= 0.3 is 5.69 Å². The van der Waals surface area contributed by atoms with Crippen molar-refractivity contribution in [2.24, 2.45) is 0 Å². The molecule has 0 spiro atoms. The lowest BCUT2D eigenvalue weighted by molar-refractivity contribution is 0.0972. The van der Waals surface area contributed by atoms with Gasteiger partial charge in [-0.2, -0.15) is 4.98 Å². The van der Waals surface area contributed by atoms with Gasteiger partial charge in [-0.25, -0.2) is 9.78 Å². The van der Waals surface area contributed by atoms with Crippen molar-refractivity contribution in [3.05, 3.63) is 76.2 Å². The fourth-order valence-electron chi connectivity index (χ4n) is 3.74. The quantitative estimate of drug-likeness (QED) is 0.437. The average Bonchev–Trinajstić information content (AvgIpc) is 3.27. The highest BCUT2D eigenvalue weighted by Crippen LogP contribution is 2.33. The van der Waals surface area contributed by atoms with Crippen molar-refractivity contribution < 1.29 is 9.53 Å². The zero-order chi connectivity index (χ0) is 22.1. The van der Waals surface area contributed by atoms with Crippen LogP contribution in [-0.2, 0) is 11.3 Å². The number of anilines is 1. The van der Waals surface area contributed by atoms with Gasteiger partial charge in [-0.3, -0.25) is 9.36 Å². The minimum absolute atomic E-state index is 0.0782. The van der Waals surface area contributed by atoms with Crippen molar-refractivity contribution in [2.45, 2.75) is 13.5 Å². The number of carbonyl (C=O) groups is 1. The summed E-state index contributed by atoms with van der Waals surface area (Å²) in [6.45, 7) is 4.64. The Kier molecular flexibility index (Phi) is 5.55. The smallest absolute Gasteiger partial charge is 0.349 e. The summed E-state index contributed by atoms with van der Waals surface area (Å²) in [5.74, 6) is -0.135. The van der Waals surface area contributed by atoms with E-state index in [1.54, 1.807) is 12.1 Å². The molecule has 0 unspecified atom stereocenters. The Morgan fingerprint density at radius 3 is 2.47 bits per heavy atom. The number of Topliss-reactive ketones (excluding diaryl/α,β-unsaturated/α-hetero) is 1. The highest BCUT2D eigenvalue weighted by Gasteiger charge is 2.22. The first-order valence-electron chi connectivity index (χ1n) is 10.5. The van der Waals surface area contributed by atoms with Crippen LogP contribution in [-0.4, -0.2) is 46.6 Å². The van der Waals surface area contributed by atoms with E-state index in [0.29, 0.717) is 34.8 Å². The van der Waals surface area contributed by atoms with Crippen molar-refractivity contribution >= 4 is 32.6 Å². The molecule has 0 radical (unpaired) electrons. The molecule has 0 saturated carbocycles. The number of nitrogens with zero attached hydrogens (tertiary/aromatic N) is 4. The number of morpholine rings is 1. The van der Waals surface area contributed by atoms with Crippen LogP contribution in [0.5, 0.6) is 0 Å². The van der Waals surface area contributed by atoms with E-state index in [2.05, 4.69) is 9.88 Å². The molecular weight excluding hydrogens is 424 g/mol. The van der Waals surface area contributed by atoms with Crippen molar-refractivity contribution in [2.75, 3.05) is 31.2 Å². The second kappa shape index (κ2) is 8.64. The molecule has 1 saturated heterocycles. The van der Waals surface area contributed by atoms with Crippen LogP contribution in [0.2, 0.25) is 0 Å². The van der Waals surface area contributed by atoms with Crippen molar-refractivity contribution in [3.8, 4) is 11.3 Å². The molecule has 0 bridgehead atoms. The van der Waals surface area contributed by atoms with E-state index in [1.807, 2.05) is 49.4 Å². The molecule has 1 aliphatic rings. The van der Waals surface area contributed by atoms with Gasteiger partial charge in [0.05, 0.1) is 19.8 Å². The summed E-state index contributed by atoms with van der Waals surface area (Å²) >= 11 is 1.42. The van der Waals surface area contributed by atoms with Gasteiger partial charge in [0, 0.05) is 24.2 Å². The molecule has 0 aliphatic carbocycles. The summed E-state index contributed by atoms with van der Waals surface area (Å²) in [6, 6.07) is 16.9. The van der Waals surface area contributed by atoms with E-state index in [4.69, 9.17) is 9.72 Å². The number of thiazole rings is 1. The highest BCUT2D eigenvalue weighted by molar-refractivity contribution is 7.22. The lowest BCUT2D eigenvalue weighted by Crippen LogP contribution is -2.36. The summed E-state index contributed by atoms with van der Waals surface area (Å²) in [6.07, 6.45) is 0. The second-order valence-electron chi connectivity index (χ2n) is 7.73. The van der Waals surface area contributed by atoms with Gasteiger partial charge < -0.3 is 9.64 Å². The van der Waals surface area contributed by atoms with E-state index in [1.165, 1.54) is 15.9 Å². The van der Waals surface area contributed by atoms with Crippen molar-refractivity contribution in [3.63, 3.8) is 0 Å². The topological polar surface area (TPSA) is 77.3 Å². The fraction of sp³-hybridized carbons (Fsp3) is 0.250. The van der Waals surface area contributed by atoms with Crippen LogP contribution in [0.1, 0.15) is 15.9 Å². The maximum Gasteiger partial charge on any atom is 0.349 e. The number of fused-ring (bicyclic) bond motifs is 1. The normalized spacial score (nSPS) is 14.1. The Bertz CT molecular complexity index is 1320. The largest absolute Gasteiger partial charge is 0.378 e. The first kappa shape index (κ1) is 20.5. The first-order chi connectivity index (χ1) is 15.6. The van der Waals surface area contributed by atoms with Crippen LogP contribution in [0.25, 0.3) is 21.6 Å². The van der Waals surface area contributed by atoms with Crippen LogP contribution in [0.4, 0.5) is 5.13 Å². The number of hydrogen-bond acceptors (Lipinski definition) is 7. The standard InChI is InChI=1S/C24H22N4O3S/c1-16-7-9-17(10-8-16)19(29)15-28-22-21(26-24(32-22)27-11-13-31-14-12-27)20(25-23(28)30)18-5-3-2-4-6-18/h2-10H,11-15H2,1H3. The van der Waals surface area contributed by atoms with Gasteiger partial charge in [0.15, 0.2) is 10.9 Å². The average molecular weight is 447 g/mol. The van der Waals surface area contributed by atoms with Crippen molar-refractivity contribution in [1.29, 1.82) is 0 Å². The van der Waals surface area contributed by atoms with Gasteiger partial charge in [-0.15, -0.1) is 0 Å². The second-order valence-corrected chi connectivity index (χ2v) is 8.69. The van der Waals surface area contributed by atoms with Gasteiger partial charge in [-0.05, 0) is 6.92 Å². The number of ether oxygens (including phenoxy) is 1. The molecule has 0 amide bonds. The van der Waals surface area contributed by atoms with Crippen LogP contribution < -0.4 is 10.6 Å². The van der Waals surface area contributed by atoms with Gasteiger partial charge in [0.2, 0.25) is 0 Å². The molecule has 4 aromatic rings. The van der Waals surface area contributed by atoms with E-state index in [0.717, 1.165) is 29.3 Å².